The van der Waals surface area contributed by atoms with Crippen LogP contribution in [0.5, 0.6) is 11.5 Å². The van der Waals surface area contributed by atoms with E-state index >= 15 is 0 Å². The van der Waals surface area contributed by atoms with Crippen LogP contribution in [0, 0.1) is 11.7 Å². The van der Waals surface area contributed by atoms with Gasteiger partial charge in [0.05, 0.1) is 14.2 Å². The molecule has 0 saturated heterocycles. The summed E-state index contributed by atoms with van der Waals surface area (Å²) in [5, 5.41) is 2.84. The standard InChI is InChI=1S/C20H22FNO3/c1-24-18-10-5-14(11-19(18)25-2)17(13-3-4-13)12-20(23)22-16-8-6-15(21)7-9-16/h5-11,13,17H,3-4,12H2,1-2H3,(H,22,23). The zero-order chi connectivity index (χ0) is 17.8. The largest absolute Gasteiger partial charge is 0.493 e. The Balaban J connectivity index is 1.73. The third kappa shape index (κ3) is 4.29. The summed E-state index contributed by atoms with van der Waals surface area (Å²) in [7, 11) is 3.21. The Labute approximate surface area is 147 Å². The maximum Gasteiger partial charge on any atom is 0.224 e. The molecule has 0 spiro atoms. The lowest BCUT2D eigenvalue weighted by atomic mass is 9.90. The van der Waals surface area contributed by atoms with Crippen molar-refractivity contribution in [3.8, 4) is 11.5 Å². The van der Waals surface area contributed by atoms with Crippen LogP contribution >= 0.6 is 0 Å². The maximum absolute atomic E-state index is 13.0. The lowest BCUT2D eigenvalue weighted by Gasteiger charge is -2.18. The number of anilines is 1. The smallest absolute Gasteiger partial charge is 0.224 e. The Bertz CT molecular complexity index is 741. The topological polar surface area (TPSA) is 47.6 Å². The van der Waals surface area contributed by atoms with E-state index in [0.717, 1.165) is 18.4 Å². The lowest BCUT2D eigenvalue weighted by Crippen LogP contribution is -2.17. The highest BCUT2D eigenvalue weighted by Crippen LogP contribution is 2.46. The first kappa shape index (κ1) is 17.3. The number of halogens is 1. The van der Waals surface area contributed by atoms with Gasteiger partial charge in [0.25, 0.3) is 0 Å². The van der Waals surface area contributed by atoms with Crippen LogP contribution in [0.15, 0.2) is 42.5 Å². The number of rotatable bonds is 7. The van der Waals surface area contributed by atoms with Gasteiger partial charge in [0.2, 0.25) is 5.91 Å². The summed E-state index contributed by atoms with van der Waals surface area (Å²) in [6.45, 7) is 0. The highest BCUT2D eigenvalue weighted by molar-refractivity contribution is 5.91. The highest BCUT2D eigenvalue weighted by atomic mass is 19.1. The van der Waals surface area contributed by atoms with Crippen LogP contribution in [-0.4, -0.2) is 20.1 Å². The quantitative estimate of drug-likeness (QED) is 0.812. The summed E-state index contributed by atoms with van der Waals surface area (Å²) < 4.78 is 23.6. The highest BCUT2D eigenvalue weighted by Gasteiger charge is 2.34. The zero-order valence-corrected chi connectivity index (χ0v) is 14.4. The van der Waals surface area contributed by atoms with E-state index in [2.05, 4.69) is 5.32 Å². The van der Waals surface area contributed by atoms with Gasteiger partial charge in [0, 0.05) is 12.1 Å². The molecule has 0 aliphatic heterocycles. The van der Waals surface area contributed by atoms with E-state index in [1.165, 1.54) is 12.1 Å². The van der Waals surface area contributed by atoms with E-state index in [1.807, 2.05) is 18.2 Å². The number of amides is 1. The minimum atomic E-state index is -0.320. The molecule has 2 aromatic carbocycles. The first-order valence-corrected chi connectivity index (χ1v) is 8.38. The number of carbonyl (C=O) groups is 1. The average molecular weight is 343 g/mol. The van der Waals surface area contributed by atoms with E-state index in [4.69, 9.17) is 9.47 Å². The van der Waals surface area contributed by atoms with Gasteiger partial charge in [0.1, 0.15) is 5.82 Å². The van der Waals surface area contributed by atoms with Crippen LogP contribution in [-0.2, 0) is 4.79 Å². The molecule has 2 aromatic rings. The van der Waals surface area contributed by atoms with Crippen LogP contribution in [0.4, 0.5) is 10.1 Å². The molecule has 5 heteroatoms. The van der Waals surface area contributed by atoms with Gasteiger partial charge in [-0.15, -0.1) is 0 Å². The van der Waals surface area contributed by atoms with Gasteiger partial charge >= 0.3 is 0 Å². The predicted molar refractivity (Wildman–Crippen MR) is 94.7 cm³/mol. The van der Waals surface area contributed by atoms with Crippen LogP contribution in [0.25, 0.3) is 0 Å². The van der Waals surface area contributed by atoms with Crippen molar-refractivity contribution >= 4 is 11.6 Å². The molecule has 1 unspecified atom stereocenters. The van der Waals surface area contributed by atoms with E-state index < -0.39 is 0 Å². The number of ether oxygens (including phenoxy) is 2. The number of nitrogens with one attached hydrogen (secondary N) is 1. The molecule has 1 aliphatic carbocycles. The van der Waals surface area contributed by atoms with E-state index in [1.54, 1.807) is 26.4 Å². The molecule has 3 rings (SSSR count). The third-order valence-electron chi connectivity index (χ3n) is 4.56. The van der Waals surface area contributed by atoms with Crippen LogP contribution in [0.2, 0.25) is 0 Å². The van der Waals surface area contributed by atoms with Crippen molar-refractivity contribution < 1.29 is 18.7 Å². The fourth-order valence-electron chi connectivity index (χ4n) is 3.08. The summed E-state index contributed by atoms with van der Waals surface area (Å²) in [5.74, 6) is 1.61. The lowest BCUT2D eigenvalue weighted by molar-refractivity contribution is -0.116. The Morgan fingerprint density at radius 2 is 1.80 bits per heavy atom. The van der Waals surface area contributed by atoms with Crippen molar-refractivity contribution in [2.45, 2.75) is 25.2 Å². The summed E-state index contributed by atoms with van der Waals surface area (Å²) in [6, 6.07) is 11.6. The SMILES string of the molecule is COc1ccc(C(CC(=O)Nc2ccc(F)cc2)C2CC2)cc1OC. The van der Waals surface area contributed by atoms with Gasteiger partial charge in [-0.3, -0.25) is 4.79 Å². The van der Waals surface area contributed by atoms with Gasteiger partial charge in [-0.2, -0.15) is 0 Å². The van der Waals surface area contributed by atoms with Crippen molar-refractivity contribution in [3.05, 3.63) is 53.8 Å². The number of methoxy groups -OCH3 is 2. The van der Waals surface area contributed by atoms with Gasteiger partial charge in [-0.25, -0.2) is 4.39 Å². The Morgan fingerprint density at radius 3 is 2.40 bits per heavy atom. The second-order valence-corrected chi connectivity index (χ2v) is 6.32. The molecule has 25 heavy (non-hydrogen) atoms. The fraction of sp³-hybridized carbons (Fsp3) is 0.350. The minimum Gasteiger partial charge on any atom is -0.493 e. The molecule has 1 aliphatic rings. The van der Waals surface area contributed by atoms with Crippen molar-refractivity contribution in [2.75, 3.05) is 19.5 Å². The van der Waals surface area contributed by atoms with Crippen molar-refractivity contribution in [2.24, 2.45) is 5.92 Å². The van der Waals surface area contributed by atoms with Crippen molar-refractivity contribution in [1.82, 2.24) is 0 Å². The molecule has 0 heterocycles. The van der Waals surface area contributed by atoms with E-state index in [0.29, 0.717) is 29.5 Å². The minimum absolute atomic E-state index is 0.0710. The molecule has 1 atom stereocenters. The Kier molecular flexibility index (Phi) is 5.22. The van der Waals surface area contributed by atoms with Gasteiger partial charge < -0.3 is 14.8 Å². The molecule has 1 amide bonds. The molecule has 4 nitrogen and oxygen atoms in total. The van der Waals surface area contributed by atoms with Gasteiger partial charge in [-0.1, -0.05) is 6.07 Å². The predicted octanol–water partition coefficient (Wildman–Crippen LogP) is 4.37. The van der Waals surface area contributed by atoms with Crippen LogP contribution in [0.3, 0.4) is 0 Å². The number of hydrogen-bond acceptors (Lipinski definition) is 3. The molecule has 0 aromatic heterocycles. The van der Waals surface area contributed by atoms with E-state index in [-0.39, 0.29) is 17.6 Å². The van der Waals surface area contributed by atoms with Crippen molar-refractivity contribution in [3.63, 3.8) is 0 Å². The number of benzene rings is 2. The van der Waals surface area contributed by atoms with E-state index in [9.17, 15) is 9.18 Å². The first-order chi connectivity index (χ1) is 12.1. The molecule has 1 fully saturated rings. The average Bonchev–Trinajstić information content (AvgIpc) is 3.46. The third-order valence-corrected chi connectivity index (χ3v) is 4.56. The summed E-state index contributed by atoms with van der Waals surface area (Å²) in [6.07, 6.45) is 2.64. The first-order valence-electron chi connectivity index (χ1n) is 8.38. The Morgan fingerprint density at radius 1 is 1.12 bits per heavy atom. The molecule has 0 radical (unpaired) electrons. The molecule has 132 valence electrons. The summed E-state index contributed by atoms with van der Waals surface area (Å²) >= 11 is 0. The normalized spacial score (nSPS) is 14.7. The summed E-state index contributed by atoms with van der Waals surface area (Å²) in [4.78, 5) is 12.4. The molecule has 1 saturated carbocycles. The second-order valence-electron chi connectivity index (χ2n) is 6.32. The summed E-state index contributed by atoms with van der Waals surface area (Å²) in [5.41, 5.74) is 1.68. The maximum atomic E-state index is 13.0. The molecule has 1 N–H and O–H groups in total. The Hall–Kier alpha value is -2.56. The van der Waals surface area contributed by atoms with Gasteiger partial charge in [-0.05, 0) is 66.6 Å². The fourth-order valence-corrected chi connectivity index (χ4v) is 3.08. The number of hydrogen-bond donors (Lipinski definition) is 1. The zero-order valence-electron chi connectivity index (χ0n) is 14.4. The van der Waals surface area contributed by atoms with Crippen LogP contribution < -0.4 is 14.8 Å². The molecular weight excluding hydrogens is 321 g/mol. The van der Waals surface area contributed by atoms with Crippen molar-refractivity contribution in [1.29, 1.82) is 0 Å². The monoisotopic (exact) mass is 343 g/mol. The molecule has 0 bridgehead atoms. The van der Waals surface area contributed by atoms with Gasteiger partial charge in [0.15, 0.2) is 11.5 Å². The molecular formula is C20H22FNO3. The van der Waals surface area contributed by atoms with Crippen LogP contribution in [0.1, 0.15) is 30.7 Å². The second kappa shape index (κ2) is 7.55. The number of carbonyl (C=O) groups excluding carboxylic acids is 1.